The van der Waals surface area contributed by atoms with Gasteiger partial charge in [0.2, 0.25) is 17.6 Å². The summed E-state index contributed by atoms with van der Waals surface area (Å²) in [5.41, 5.74) is 1.43. The normalized spacial score (nSPS) is 18.1. The molecule has 2 aromatic carbocycles. The Bertz CT molecular complexity index is 983. The highest BCUT2D eigenvalue weighted by Gasteiger charge is 2.37. The molecular weight excluding hydrogens is 436 g/mol. The Morgan fingerprint density at radius 1 is 1.19 bits per heavy atom. The first-order valence-electron chi connectivity index (χ1n) is 9.96. The van der Waals surface area contributed by atoms with Crippen LogP contribution in [0, 0.1) is 0 Å². The standard InChI is InChI=1S/C23H25ClN2O6/c1-31-19-9-15(10-20(32-2)22(19)29)5-8-21(28)26-13-17(27)11-18(26)23(30)25-12-14-3-6-16(24)7-4-14/h3-10,17-18,27,29H,11-13H2,1-2H3,(H,25,30)/b8-5+/t17-,18+/m1/s1. The molecule has 2 atom stereocenters. The summed E-state index contributed by atoms with van der Waals surface area (Å²) >= 11 is 5.87. The van der Waals surface area contributed by atoms with E-state index in [2.05, 4.69) is 5.32 Å². The van der Waals surface area contributed by atoms with E-state index in [1.807, 2.05) is 0 Å². The number of benzene rings is 2. The predicted octanol–water partition coefficient (Wildman–Crippen LogP) is 2.35. The van der Waals surface area contributed by atoms with Gasteiger partial charge in [-0.3, -0.25) is 9.59 Å². The van der Waals surface area contributed by atoms with Crippen LogP contribution < -0.4 is 14.8 Å². The van der Waals surface area contributed by atoms with Gasteiger partial charge >= 0.3 is 0 Å². The number of nitrogens with zero attached hydrogens (tertiary/aromatic N) is 1. The molecule has 8 nitrogen and oxygen atoms in total. The van der Waals surface area contributed by atoms with Crippen LogP contribution in [0.3, 0.4) is 0 Å². The first-order valence-corrected chi connectivity index (χ1v) is 10.3. The Morgan fingerprint density at radius 3 is 2.41 bits per heavy atom. The minimum absolute atomic E-state index is 0.0599. The van der Waals surface area contributed by atoms with Crippen molar-refractivity contribution in [3.8, 4) is 17.2 Å². The number of ether oxygens (including phenoxy) is 2. The number of carbonyl (C=O) groups excluding carboxylic acids is 2. The van der Waals surface area contributed by atoms with Crippen LogP contribution in [0.25, 0.3) is 6.08 Å². The summed E-state index contributed by atoms with van der Waals surface area (Å²) < 4.78 is 10.2. The SMILES string of the molecule is COc1cc(/C=C/C(=O)N2C[C@H](O)C[C@H]2C(=O)NCc2ccc(Cl)cc2)cc(OC)c1O. The molecule has 2 amide bonds. The predicted molar refractivity (Wildman–Crippen MR) is 120 cm³/mol. The molecule has 0 aliphatic carbocycles. The fraction of sp³-hybridized carbons (Fsp3) is 0.304. The molecule has 32 heavy (non-hydrogen) atoms. The number of rotatable bonds is 7. The van der Waals surface area contributed by atoms with Crippen LogP contribution >= 0.6 is 11.6 Å². The van der Waals surface area contributed by atoms with Crippen molar-refractivity contribution >= 4 is 29.5 Å². The first kappa shape index (κ1) is 23.4. The summed E-state index contributed by atoms with van der Waals surface area (Å²) in [6, 6.07) is 9.40. The zero-order valence-corrected chi connectivity index (χ0v) is 18.5. The summed E-state index contributed by atoms with van der Waals surface area (Å²) in [6.07, 6.45) is 2.21. The molecule has 1 saturated heterocycles. The van der Waals surface area contributed by atoms with Crippen molar-refractivity contribution in [2.24, 2.45) is 0 Å². The number of likely N-dealkylation sites (tertiary alicyclic amines) is 1. The largest absolute Gasteiger partial charge is 0.502 e. The smallest absolute Gasteiger partial charge is 0.247 e. The number of hydrogen-bond donors (Lipinski definition) is 3. The van der Waals surface area contributed by atoms with Gasteiger partial charge in [0.25, 0.3) is 0 Å². The molecule has 1 aliphatic heterocycles. The van der Waals surface area contributed by atoms with Crippen molar-refractivity contribution < 1.29 is 29.3 Å². The number of nitrogens with one attached hydrogen (secondary N) is 1. The topological polar surface area (TPSA) is 108 Å². The maximum Gasteiger partial charge on any atom is 0.247 e. The fourth-order valence-electron chi connectivity index (χ4n) is 3.49. The molecule has 0 aromatic heterocycles. The van der Waals surface area contributed by atoms with Crippen LogP contribution in [-0.2, 0) is 16.1 Å². The summed E-state index contributed by atoms with van der Waals surface area (Å²) in [5.74, 6) is -0.496. The van der Waals surface area contributed by atoms with Gasteiger partial charge < -0.3 is 29.9 Å². The zero-order valence-electron chi connectivity index (χ0n) is 17.7. The number of aliphatic hydroxyl groups excluding tert-OH is 1. The summed E-state index contributed by atoms with van der Waals surface area (Å²) in [5, 5.41) is 23.5. The Labute approximate surface area is 191 Å². The molecule has 3 rings (SSSR count). The number of hydrogen-bond acceptors (Lipinski definition) is 6. The van der Waals surface area contributed by atoms with Crippen LogP contribution in [0.2, 0.25) is 5.02 Å². The van der Waals surface area contributed by atoms with Gasteiger partial charge in [-0.2, -0.15) is 0 Å². The van der Waals surface area contributed by atoms with Gasteiger partial charge in [0.1, 0.15) is 6.04 Å². The van der Waals surface area contributed by atoms with Gasteiger partial charge in [-0.1, -0.05) is 23.7 Å². The van der Waals surface area contributed by atoms with Crippen LogP contribution in [0.15, 0.2) is 42.5 Å². The van der Waals surface area contributed by atoms with E-state index in [-0.39, 0.29) is 42.7 Å². The second kappa shape index (κ2) is 10.4. The number of aliphatic hydroxyl groups is 1. The Hall–Kier alpha value is -3.23. The minimum Gasteiger partial charge on any atom is -0.502 e. The number of carbonyl (C=O) groups is 2. The molecule has 0 spiro atoms. The molecule has 2 aromatic rings. The van der Waals surface area contributed by atoms with E-state index in [0.717, 1.165) is 5.56 Å². The zero-order chi connectivity index (χ0) is 23.3. The Morgan fingerprint density at radius 2 is 1.81 bits per heavy atom. The molecule has 0 bridgehead atoms. The summed E-state index contributed by atoms with van der Waals surface area (Å²) in [6.45, 7) is 0.345. The summed E-state index contributed by atoms with van der Waals surface area (Å²) in [7, 11) is 2.82. The first-order chi connectivity index (χ1) is 15.3. The number of methoxy groups -OCH3 is 2. The second-order valence-electron chi connectivity index (χ2n) is 7.35. The van der Waals surface area contributed by atoms with Crippen LogP contribution in [0.5, 0.6) is 17.2 Å². The molecule has 170 valence electrons. The van der Waals surface area contributed by atoms with Crippen molar-refractivity contribution in [3.63, 3.8) is 0 Å². The number of β-amino-alcohol motifs (C(OH)–C–C–N with tert-alkyl or cyclic N) is 1. The van der Waals surface area contributed by atoms with E-state index in [0.29, 0.717) is 10.6 Å². The second-order valence-corrected chi connectivity index (χ2v) is 7.78. The molecule has 1 aliphatic rings. The van der Waals surface area contributed by atoms with Gasteiger partial charge in [-0.25, -0.2) is 0 Å². The molecule has 0 saturated carbocycles. The third-order valence-electron chi connectivity index (χ3n) is 5.17. The number of aromatic hydroxyl groups is 1. The lowest BCUT2D eigenvalue weighted by molar-refractivity contribution is -0.135. The maximum absolute atomic E-state index is 12.8. The average molecular weight is 461 g/mol. The highest BCUT2D eigenvalue weighted by molar-refractivity contribution is 6.30. The van der Waals surface area contributed by atoms with Crippen LogP contribution in [-0.4, -0.2) is 59.8 Å². The van der Waals surface area contributed by atoms with E-state index in [1.54, 1.807) is 36.4 Å². The van der Waals surface area contributed by atoms with E-state index >= 15 is 0 Å². The number of halogens is 1. The van der Waals surface area contributed by atoms with Gasteiger partial charge in [0.05, 0.1) is 20.3 Å². The average Bonchev–Trinajstić information content (AvgIpc) is 3.19. The van der Waals surface area contributed by atoms with Crippen molar-refractivity contribution in [1.82, 2.24) is 10.2 Å². The molecule has 9 heteroatoms. The van der Waals surface area contributed by atoms with E-state index in [1.165, 1.54) is 31.3 Å². The van der Waals surface area contributed by atoms with Gasteiger partial charge in [-0.15, -0.1) is 0 Å². The van der Waals surface area contributed by atoms with Crippen molar-refractivity contribution in [3.05, 3.63) is 58.6 Å². The monoisotopic (exact) mass is 460 g/mol. The lowest BCUT2D eigenvalue weighted by Crippen LogP contribution is -2.45. The maximum atomic E-state index is 12.8. The third kappa shape index (κ3) is 5.52. The highest BCUT2D eigenvalue weighted by Crippen LogP contribution is 2.37. The van der Waals surface area contributed by atoms with E-state index in [4.69, 9.17) is 21.1 Å². The van der Waals surface area contributed by atoms with Gasteiger partial charge in [0, 0.05) is 30.6 Å². The van der Waals surface area contributed by atoms with Gasteiger partial charge in [-0.05, 0) is 41.5 Å². The summed E-state index contributed by atoms with van der Waals surface area (Å²) in [4.78, 5) is 26.8. The van der Waals surface area contributed by atoms with E-state index in [9.17, 15) is 19.8 Å². The lowest BCUT2D eigenvalue weighted by Gasteiger charge is -2.22. The van der Waals surface area contributed by atoms with Crippen molar-refractivity contribution in [1.29, 1.82) is 0 Å². The Kier molecular flexibility index (Phi) is 7.61. The highest BCUT2D eigenvalue weighted by atomic mass is 35.5. The quantitative estimate of drug-likeness (QED) is 0.547. The van der Waals surface area contributed by atoms with Crippen LogP contribution in [0.1, 0.15) is 17.5 Å². The number of phenolic OH excluding ortho intramolecular Hbond substituents is 1. The number of amides is 2. The molecular formula is C23H25ClN2O6. The van der Waals surface area contributed by atoms with E-state index < -0.39 is 18.1 Å². The molecule has 0 unspecified atom stereocenters. The fourth-order valence-corrected chi connectivity index (χ4v) is 3.61. The third-order valence-corrected chi connectivity index (χ3v) is 5.42. The molecule has 1 fully saturated rings. The Balaban J connectivity index is 1.69. The molecule has 1 heterocycles. The lowest BCUT2D eigenvalue weighted by atomic mass is 10.1. The number of phenols is 1. The molecule has 3 N–H and O–H groups in total. The molecule has 0 radical (unpaired) electrons. The minimum atomic E-state index is -0.785. The van der Waals surface area contributed by atoms with Crippen LogP contribution in [0.4, 0.5) is 0 Å². The van der Waals surface area contributed by atoms with Crippen molar-refractivity contribution in [2.45, 2.75) is 25.1 Å². The van der Waals surface area contributed by atoms with Gasteiger partial charge in [0.15, 0.2) is 11.5 Å². The van der Waals surface area contributed by atoms with Crippen molar-refractivity contribution in [2.75, 3.05) is 20.8 Å².